The first-order chi connectivity index (χ1) is 9.63. The predicted octanol–water partition coefficient (Wildman–Crippen LogP) is 2.49. The minimum absolute atomic E-state index is 0.111. The van der Waals surface area contributed by atoms with Gasteiger partial charge in [0.05, 0.1) is 4.88 Å². The number of nitrogens with zero attached hydrogens (tertiary/aromatic N) is 1. The van der Waals surface area contributed by atoms with Crippen molar-refractivity contribution in [3.8, 4) is 0 Å². The van der Waals surface area contributed by atoms with Crippen LogP contribution in [0.25, 0.3) is 0 Å². The van der Waals surface area contributed by atoms with E-state index in [4.69, 9.17) is 10.9 Å². The zero-order valence-electron chi connectivity index (χ0n) is 11.7. The number of hydrogen-bond donors (Lipinski definition) is 3. The van der Waals surface area contributed by atoms with E-state index in [0.29, 0.717) is 0 Å². The zero-order valence-corrected chi connectivity index (χ0v) is 12.5. The van der Waals surface area contributed by atoms with Gasteiger partial charge in [-0.3, -0.25) is 4.79 Å². The van der Waals surface area contributed by atoms with Gasteiger partial charge in [-0.1, -0.05) is 31.3 Å². The summed E-state index contributed by atoms with van der Waals surface area (Å²) >= 11 is 1.43. The molecular formula is C14H21N3O2S. The summed E-state index contributed by atoms with van der Waals surface area (Å²) in [5.41, 5.74) is 6.19. The molecule has 20 heavy (non-hydrogen) atoms. The van der Waals surface area contributed by atoms with Crippen LogP contribution >= 0.6 is 11.3 Å². The van der Waals surface area contributed by atoms with Crippen LogP contribution in [0.15, 0.2) is 16.6 Å². The van der Waals surface area contributed by atoms with Crippen LogP contribution in [-0.2, 0) is 6.42 Å². The van der Waals surface area contributed by atoms with E-state index in [1.54, 1.807) is 0 Å². The molecule has 0 aromatic carbocycles. The molecule has 2 rings (SSSR count). The van der Waals surface area contributed by atoms with Crippen molar-refractivity contribution in [1.29, 1.82) is 0 Å². The number of oxime groups is 1. The second-order valence-corrected chi connectivity index (χ2v) is 6.13. The fourth-order valence-corrected chi connectivity index (χ4v) is 3.67. The van der Waals surface area contributed by atoms with Crippen molar-refractivity contribution < 1.29 is 10.0 Å². The van der Waals surface area contributed by atoms with Gasteiger partial charge in [-0.2, -0.15) is 0 Å². The molecule has 0 saturated heterocycles. The summed E-state index contributed by atoms with van der Waals surface area (Å²) in [5.74, 6) is -0.00879. The minimum Gasteiger partial charge on any atom is -0.409 e. The number of rotatable bonds is 4. The summed E-state index contributed by atoms with van der Waals surface area (Å²) in [7, 11) is 0. The van der Waals surface area contributed by atoms with Gasteiger partial charge in [0.2, 0.25) is 0 Å². The Morgan fingerprint density at radius 2 is 2.20 bits per heavy atom. The number of amidine groups is 1. The Morgan fingerprint density at radius 3 is 2.80 bits per heavy atom. The van der Waals surface area contributed by atoms with Gasteiger partial charge in [0.1, 0.15) is 5.54 Å². The van der Waals surface area contributed by atoms with Crippen molar-refractivity contribution in [1.82, 2.24) is 5.32 Å². The molecule has 4 N–H and O–H groups in total. The highest BCUT2D eigenvalue weighted by molar-refractivity contribution is 7.12. The number of hydrogen-bond acceptors (Lipinski definition) is 4. The van der Waals surface area contributed by atoms with Crippen LogP contribution in [-0.4, -0.2) is 22.5 Å². The van der Waals surface area contributed by atoms with Crippen molar-refractivity contribution in [3.63, 3.8) is 0 Å². The fraction of sp³-hybridized carbons (Fsp3) is 0.571. The van der Waals surface area contributed by atoms with Crippen LogP contribution in [0.1, 0.15) is 54.3 Å². The van der Waals surface area contributed by atoms with Crippen LogP contribution in [0.2, 0.25) is 0 Å². The molecule has 1 aromatic heterocycles. The van der Waals surface area contributed by atoms with E-state index < -0.39 is 5.54 Å². The quantitative estimate of drug-likeness (QED) is 0.345. The Labute approximate surface area is 122 Å². The average Bonchev–Trinajstić information content (AvgIpc) is 2.95. The lowest BCUT2D eigenvalue weighted by atomic mass is 9.80. The Bertz CT molecular complexity index is 504. The molecule has 1 heterocycles. The number of nitrogens with two attached hydrogens (primary N) is 1. The maximum absolute atomic E-state index is 12.5. The molecule has 1 saturated carbocycles. The van der Waals surface area contributed by atoms with Crippen molar-refractivity contribution in [2.45, 2.75) is 51.0 Å². The van der Waals surface area contributed by atoms with E-state index in [1.165, 1.54) is 11.3 Å². The normalized spacial score (nSPS) is 18.8. The molecule has 1 aliphatic rings. The van der Waals surface area contributed by atoms with E-state index in [1.807, 2.05) is 18.4 Å². The summed E-state index contributed by atoms with van der Waals surface area (Å²) in [6.45, 7) is 2.03. The van der Waals surface area contributed by atoms with Gasteiger partial charge in [-0.15, -0.1) is 11.3 Å². The van der Waals surface area contributed by atoms with Crippen LogP contribution in [0.5, 0.6) is 0 Å². The highest BCUT2D eigenvalue weighted by Crippen LogP contribution is 2.29. The fourth-order valence-electron chi connectivity index (χ4n) is 2.78. The molecule has 0 aliphatic heterocycles. The Morgan fingerprint density at radius 1 is 1.50 bits per heavy atom. The minimum atomic E-state index is -0.695. The lowest BCUT2D eigenvalue weighted by Gasteiger charge is -2.36. The summed E-state index contributed by atoms with van der Waals surface area (Å²) in [4.78, 5) is 13.2. The third-order valence-electron chi connectivity index (χ3n) is 3.99. The maximum atomic E-state index is 12.5. The highest BCUT2D eigenvalue weighted by atomic mass is 32.1. The van der Waals surface area contributed by atoms with Gasteiger partial charge < -0.3 is 16.3 Å². The first kappa shape index (κ1) is 14.8. The Hall–Kier alpha value is -1.56. The molecule has 0 radical (unpaired) electrons. The van der Waals surface area contributed by atoms with Gasteiger partial charge in [0.25, 0.3) is 5.91 Å². The van der Waals surface area contributed by atoms with Crippen molar-refractivity contribution in [2.75, 3.05) is 0 Å². The molecule has 5 nitrogen and oxygen atoms in total. The molecular weight excluding hydrogens is 274 g/mol. The number of carbonyl (C=O) groups excluding carboxylic acids is 1. The number of thiophene rings is 1. The number of amides is 1. The molecule has 1 fully saturated rings. The van der Waals surface area contributed by atoms with Gasteiger partial charge >= 0.3 is 0 Å². The summed E-state index contributed by atoms with van der Waals surface area (Å²) in [5, 5.41) is 17.1. The smallest absolute Gasteiger partial charge is 0.262 e. The first-order valence-electron chi connectivity index (χ1n) is 7.00. The van der Waals surface area contributed by atoms with Gasteiger partial charge in [0.15, 0.2) is 5.84 Å². The number of carbonyl (C=O) groups is 1. The molecule has 1 aliphatic carbocycles. The summed E-state index contributed by atoms with van der Waals surface area (Å²) < 4.78 is 0. The topological polar surface area (TPSA) is 87.7 Å². The summed E-state index contributed by atoms with van der Waals surface area (Å²) in [6.07, 6.45) is 5.34. The molecule has 6 heteroatoms. The lowest BCUT2D eigenvalue weighted by Crippen LogP contribution is -2.58. The van der Waals surface area contributed by atoms with E-state index in [0.717, 1.165) is 49.0 Å². The van der Waals surface area contributed by atoms with Crippen molar-refractivity contribution in [2.24, 2.45) is 10.9 Å². The van der Waals surface area contributed by atoms with Crippen molar-refractivity contribution in [3.05, 3.63) is 21.9 Å². The molecule has 1 amide bonds. The van der Waals surface area contributed by atoms with Gasteiger partial charge in [0, 0.05) is 0 Å². The molecule has 1 aromatic rings. The SMILES string of the molecule is CCc1ccsc1C(=O)NC1(/C(N)=N/O)CCCCC1. The lowest BCUT2D eigenvalue weighted by molar-refractivity contribution is 0.0909. The van der Waals surface area contributed by atoms with E-state index >= 15 is 0 Å². The second kappa shape index (κ2) is 6.26. The van der Waals surface area contributed by atoms with Gasteiger partial charge in [-0.05, 0) is 36.3 Å². The standard InChI is InChI=1S/C14H21N3O2S/c1-2-10-6-9-20-11(10)12(18)16-14(13(15)17-19)7-4-3-5-8-14/h6,9,19H,2-5,7-8H2,1H3,(H2,15,17)(H,16,18). The largest absolute Gasteiger partial charge is 0.409 e. The Balaban J connectivity index is 2.22. The molecule has 0 spiro atoms. The van der Waals surface area contributed by atoms with Crippen molar-refractivity contribution >= 4 is 23.1 Å². The third-order valence-corrected chi connectivity index (χ3v) is 4.95. The van der Waals surface area contributed by atoms with Crippen LogP contribution in [0, 0.1) is 0 Å². The molecule has 110 valence electrons. The monoisotopic (exact) mass is 295 g/mol. The highest BCUT2D eigenvalue weighted by Gasteiger charge is 2.38. The average molecular weight is 295 g/mol. The number of aryl methyl sites for hydroxylation is 1. The van der Waals surface area contributed by atoms with E-state index in [2.05, 4.69) is 10.5 Å². The number of nitrogens with one attached hydrogen (secondary N) is 1. The van der Waals surface area contributed by atoms with E-state index in [9.17, 15) is 4.79 Å². The summed E-state index contributed by atoms with van der Waals surface area (Å²) in [6, 6.07) is 1.97. The molecule has 0 atom stereocenters. The first-order valence-corrected chi connectivity index (χ1v) is 7.88. The zero-order chi connectivity index (χ0) is 14.6. The molecule has 0 bridgehead atoms. The van der Waals surface area contributed by atoms with Crippen LogP contribution in [0.4, 0.5) is 0 Å². The third kappa shape index (κ3) is 2.80. The van der Waals surface area contributed by atoms with Crippen LogP contribution < -0.4 is 11.1 Å². The predicted molar refractivity (Wildman–Crippen MR) is 80.4 cm³/mol. The Kier molecular flexibility index (Phi) is 4.65. The second-order valence-electron chi connectivity index (χ2n) is 5.21. The van der Waals surface area contributed by atoms with E-state index in [-0.39, 0.29) is 11.7 Å². The van der Waals surface area contributed by atoms with Gasteiger partial charge in [-0.25, -0.2) is 0 Å². The van der Waals surface area contributed by atoms with Crippen LogP contribution in [0.3, 0.4) is 0 Å². The maximum Gasteiger partial charge on any atom is 0.262 e. The molecule has 0 unspecified atom stereocenters.